The third-order valence-corrected chi connectivity index (χ3v) is 2.86. The number of benzene rings is 1. The van der Waals surface area contributed by atoms with Crippen LogP contribution in [0.25, 0.3) is 0 Å². The lowest BCUT2D eigenvalue weighted by molar-refractivity contribution is 0.0794. The number of para-hydroxylation sites is 1. The Morgan fingerprint density at radius 3 is 2.79 bits per heavy atom. The fourth-order valence-electron chi connectivity index (χ4n) is 1.01. The standard InChI is InChI=1S/C10H14O3S/c1-13-6-8(11)7-14-10-5-3-2-4-9(10)12/h2-5,8,11-12H,6-7H2,1H3. The van der Waals surface area contributed by atoms with E-state index in [9.17, 15) is 10.2 Å². The van der Waals surface area contributed by atoms with Crippen LogP contribution in [0.5, 0.6) is 5.75 Å². The van der Waals surface area contributed by atoms with Gasteiger partial charge in [0.15, 0.2) is 0 Å². The van der Waals surface area contributed by atoms with Crippen molar-refractivity contribution in [2.24, 2.45) is 0 Å². The van der Waals surface area contributed by atoms with E-state index in [4.69, 9.17) is 4.74 Å². The number of phenols is 1. The zero-order chi connectivity index (χ0) is 10.4. The predicted octanol–water partition coefficient (Wildman–Crippen LogP) is 1.49. The van der Waals surface area contributed by atoms with Gasteiger partial charge in [0.2, 0.25) is 0 Å². The first-order valence-electron chi connectivity index (χ1n) is 4.32. The average molecular weight is 214 g/mol. The quantitative estimate of drug-likeness (QED) is 0.729. The fourth-order valence-corrected chi connectivity index (χ4v) is 1.86. The molecule has 0 aromatic heterocycles. The number of methoxy groups -OCH3 is 1. The molecule has 1 aromatic carbocycles. The van der Waals surface area contributed by atoms with E-state index in [0.717, 1.165) is 4.90 Å². The Hall–Kier alpha value is -0.710. The summed E-state index contributed by atoms with van der Waals surface area (Å²) in [5, 5.41) is 18.8. The van der Waals surface area contributed by atoms with E-state index >= 15 is 0 Å². The van der Waals surface area contributed by atoms with Crippen LogP contribution >= 0.6 is 11.8 Å². The van der Waals surface area contributed by atoms with Crippen molar-refractivity contribution in [3.8, 4) is 5.75 Å². The Morgan fingerprint density at radius 1 is 1.43 bits per heavy atom. The lowest BCUT2D eigenvalue weighted by Gasteiger charge is -2.09. The van der Waals surface area contributed by atoms with E-state index < -0.39 is 6.10 Å². The lowest BCUT2D eigenvalue weighted by atomic mass is 10.3. The van der Waals surface area contributed by atoms with Crippen molar-refractivity contribution >= 4 is 11.8 Å². The number of thioether (sulfide) groups is 1. The van der Waals surface area contributed by atoms with Crippen molar-refractivity contribution in [1.82, 2.24) is 0 Å². The second-order valence-corrected chi connectivity index (χ2v) is 3.95. The molecule has 14 heavy (non-hydrogen) atoms. The molecule has 4 heteroatoms. The van der Waals surface area contributed by atoms with Gasteiger partial charge in [-0.1, -0.05) is 12.1 Å². The smallest absolute Gasteiger partial charge is 0.129 e. The molecule has 0 aliphatic heterocycles. The summed E-state index contributed by atoms with van der Waals surface area (Å²) in [5.41, 5.74) is 0. The van der Waals surface area contributed by atoms with Gasteiger partial charge in [0, 0.05) is 17.8 Å². The largest absolute Gasteiger partial charge is 0.507 e. The highest BCUT2D eigenvalue weighted by Gasteiger charge is 2.06. The molecule has 78 valence electrons. The van der Waals surface area contributed by atoms with Gasteiger partial charge in [0.05, 0.1) is 12.7 Å². The van der Waals surface area contributed by atoms with E-state index in [1.807, 2.05) is 12.1 Å². The van der Waals surface area contributed by atoms with Gasteiger partial charge in [-0.2, -0.15) is 0 Å². The third kappa shape index (κ3) is 3.57. The average Bonchev–Trinajstić information content (AvgIpc) is 2.17. The van der Waals surface area contributed by atoms with E-state index in [1.54, 1.807) is 19.2 Å². The number of aromatic hydroxyl groups is 1. The molecule has 0 amide bonds. The number of hydrogen-bond donors (Lipinski definition) is 2. The van der Waals surface area contributed by atoms with Gasteiger partial charge in [-0.25, -0.2) is 0 Å². The van der Waals surface area contributed by atoms with Crippen LogP contribution in [-0.2, 0) is 4.74 Å². The Morgan fingerprint density at radius 2 is 2.14 bits per heavy atom. The van der Waals surface area contributed by atoms with Crippen LogP contribution in [-0.4, -0.2) is 35.8 Å². The topological polar surface area (TPSA) is 49.7 Å². The molecular formula is C10H14O3S. The summed E-state index contributed by atoms with van der Waals surface area (Å²) >= 11 is 1.42. The fraction of sp³-hybridized carbons (Fsp3) is 0.400. The minimum Gasteiger partial charge on any atom is -0.507 e. The summed E-state index contributed by atoms with van der Waals surface area (Å²) in [6.07, 6.45) is -0.496. The highest BCUT2D eigenvalue weighted by molar-refractivity contribution is 7.99. The van der Waals surface area contributed by atoms with Crippen molar-refractivity contribution < 1.29 is 14.9 Å². The lowest BCUT2D eigenvalue weighted by Crippen LogP contribution is -2.16. The van der Waals surface area contributed by atoms with Gasteiger partial charge in [-0.3, -0.25) is 0 Å². The Bertz CT molecular complexity index is 278. The second-order valence-electron chi connectivity index (χ2n) is 2.89. The molecule has 3 nitrogen and oxygen atoms in total. The van der Waals surface area contributed by atoms with E-state index in [2.05, 4.69) is 0 Å². The van der Waals surface area contributed by atoms with Gasteiger partial charge in [0.25, 0.3) is 0 Å². The Balaban J connectivity index is 2.41. The molecule has 2 N–H and O–H groups in total. The first-order valence-corrected chi connectivity index (χ1v) is 5.30. The molecule has 0 fully saturated rings. The maximum atomic E-state index is 9.42. The molecule has 1 atom stereocenters. The molecule has 0 heterocycles. The SMILES string of the molecule is COCC(O)CSc1ccccc1O. The summed E-state index contributed by atoms with van der Waals surface area (Å²) < 4.78 is 4.80. The first-order chi connectivity index (χ1) is 6.74. The Labute approximate surface area is 87.7 Å². The Kier molecular flexibility index (Phi) is 4.79. The monoisotopic (exact) mass is 214 g/mol. The summed E-state index contributed by atoms with van der Waals surface area (Å²) in [6, 6.07) is 7.07. The van der Waals surface area contributed by atoms with Crippen LogP contribution in [0, 0.1) is 0 Å². The van der Waals surface area contributed by atoms with Crippen molar-refractivity contribution in [1.29, 1.82) is 0 Å². The van der Waals surface area contributed by atoms with Crippen LogP contribution < -0.4 is 0 Å². The van der Waals surface area contributed by atoms with Gasteiger partial charge < -0.3 is 14.9 Å². The number of ether oxygens (including phenoxy) is 1. The van der Waals surface area contributed by atoms with Crippen molar-refractivity contribution in [3.63, 3.8) is 0 Å². The zero-order valence-electron chi connectivity index (χ0n) is 8.01. The molecule has 0 saturated heterocycles. The molecule has 0 radical (unpaired) electrons. The van der Waals surface area contributed by atoms with E-state index in [-0.39, 0.29) is 5.75 Å². The molecule has 0 aliphatic rings. The molecule has 0 saturated carbocycles. The highest BCUT2D eigenvalue weighted by Crippen LogP contribution is 2.27. The first kappa shape index (κ1) is 11.4. The van der Waals surface area contributed by atoms with Gasteiger partial charge in [0.1, 0.15) is 5.75 Å². The number of rotatable bonds is 5. The summed E-state index contributed by atoms with van der Waals surface area (Å²) in [4.78, 5) is 0.780. The predicted molar refractivity (Wildman–Crippen MR) is 56.7 cm³/mol. The van der Waals surface area contributed by atoms with E-state index in [1.165, 1.54) is 11.8 Å². The van der Waals surface area contributed by atoms with Crippen molar-refractivity contribution in [2.75, 3.05) is 19.5 Å². The van der Waals surface area contributed by atoms with Crippen LogP contribution in [0.4, 0.5) is 0 Å². The van der Waals surface area contributed by atoms with Gasteiger partial charge >= 0.3 is 0 Å². The van der Waals surface area contributed by atoms with Gasteiger partial charge in [-0.15, -0.1) is 11.8 Å². The van der Waals surface area contributed by atoms with Crippen LogP contribution in [0.1, 0.15) is 0 Å². The minimum atomic E-state index is -0.496. The number of aliphatic hydroxyl groups excluding tert-OH is 1. The third-order valence-electron chi connectivity index (χ3n) is 1.66. The molecule has 1 unspecified atom stereocenters. The molecule has 1 aromatic rings. The minimum absolute atomic E-state index is 0.252. The number of hydrogen-bond acceptors (Lipinski definition) is 4. The van der Waals surface area contributed by atoms with Crippen molar-refractivity contribution in [3.05, 3.63) is 24.3 Å². The normalized spacial score (nSPS) is 12.7. The van der Waals surface area contributed by atoms with Crippen LogP contribution in [0.3, 0.4) is 0 Å². The highest BCUT2D eigenvalue weighted by atomic mass is 32.2. The second kappa shape index (κ2) is 5.90. The summed E-state index contributed by atoms with van der Waals surface area (Å²) in [6.45, 7) is 0.320. The summed E-state index contributed by atoms with van der Waals surface area (Å²) in [5.74, 6) is 0.771. The van der Waals surface area contributed by atoms with Gasteiger partial charge in [-0.05, 0) is 12.1 Å². The molecule has 1 rings (SSSR count). The molecule has 0 spiro atoms. The maximum Gasteiger partial charge on any atom is 0.129 e. The molecular weight excluding hydrogens is 200 g/mol. The van der Waals surface area contributed by atoms with E-state index in [0.29, 0.717) is 12.4 Å². The maximum absolute atomic E-state index is 9.42. The summed E-state index contributed by atoms with van der Waals surface area (Å²) in [7, 11) is 1.55. The number of aliphatic hydroxyl groups is 1. The zero-order valence-corrected chi connectivity index (χ0v) is 8.83. The van der Waals surface area contributed by atoms with Crippen LogP contribution in [0.2, 0.25) is 0 Å². The van der Waals surface area contributed by atoms with Crippen molar-refractivity contribution in [2.45, 2.75) is 11.0 Å². The number of phenolic OH excluding ortho intramolecular Hbond substituents is 1. The molecule has 0 aliphatic carbocycles. The molecule has 0 bridgehead atoms. The van der Waals surface area contributed by atoms with Crippen LogP contribution in [0.15, 0.2) is 29.2 Å².